The van der Waals surface area contributed by atoms with Crippen LogP contribution in [0.3, 0.4) is 0 Å². The molecule has 1 fully saturated rings. The van der Waals surface area contributed by atoms with Crippen molar-refractivity contribution >= 4 is 29.1 Å². The minimum atomic E-state index is -0.408. The van der Waals surface area contributed by atoms with E-state index in [2.05, 4.69) is 16.6 Å². The highest BCUT2D eigenvalue weighted by atomic mass is 35.5. The Morgan fingerprint density at radius 2 is 1.80 bits per heavy atom. The molecular weight excluding hydrogens is 421 g/mol. The van der Waals surface area contributed by atoms with E-state index in [1.807, 2.05) is 35.3 Å². The number of aromatic nitrogens is 2. The number of nitrogens with zero attached hydrogens (tertiary/aromatic N) is 4. The molecule has 0 saturated carbocycles. The lowest BCUT2D eigenvalue weighted by molar-refractivity contribution is 0.0744. The molecule has 1 aliphatic rings. The van der Waals surface area contributed by atoms with Gasteiger partial charge in [-0.15, -0.1) is 0 Å². The van der Waals surface area contributed by atoms with E-state index in [1.165, 1.54) is 4.68 Å². The maximum absolute atomic E-state index is 13.0. The van der Waals surface area contributed by atoms with E-state index in [-0.39, 0.29) is 11.3 Å². The number of nitriles is 1. The topological polar surface area (TPSA) is 74.0 Å². The van der Waals surface area contributed by atoms with E-state index in [4.69, 9.17) is 23.2 Å². The van der Waals surface area contributed by atoms with Gasteiger partial charge in [-0.25, -0.2) is 9.69 Å². The van der Waals surface area contributed by atoms with Gasteiger partial charge in [0.05, 0.1) is 16.4 Å². The highest BCUT2D eigenvalue weighted by Crippen LogP contribution is 2.32. The molecule has 2 aromatic carbocycles. The summed E-state index contributed by atoms with van der Waals surface area (Å²) in [6.45, 7) is 1.56. The smallest absolute Gasteiger partial charge is 0.283 e. The van der Waals surface area contributed by atoms with Crippen LogP contribution >= 0.6 is 23.2 Å². The third-order valence-electron chi connectivity index (χ3n) is 5.01. The Hall–Kier alpha value is -2.85. The van der Waals surface area contributed by atoms with Crippen LogP contribution in [0.2, 0.25) is 10.0 Å². The van der Waals surface area contributed by atoms with Crippen molar-refractivity contribution in [2.24, 2.45) is 0 Å². The highest BCUT2D eigenvalue weighted by molar-refractivity contribution is 6.35. The second-order valence-electron chi connectivity index (χ2n) is 7.05. The Balaban J connectivity index is 1.84. The predicted molar refractivity (Wildman–Crippen MR) is 117 cm³/mol. The Bertz CT molecular complexity index is 1110. The summed E-state index contributed by atoms with van der Waals surface area (Å²) in [5.41, 5.74) is 4.94. The number of amides is 1. The SMILES string of the molecule is N#Cc1c(C(=O)NN2CCCCC2)nn(-c2ccc(Cl)cc2Cl)c1-c1ccccc1. The Morgan fingerprint density at radius 3 is 2.47 bits per heavy atom. The van der Waals surface area contributed by atoms with Gasteiger partial charge in [-0.1, -0.05) is 60.0 Å². The quantitative estimate of drug-likeness (QED) is 0.630. The lowest BCUT2D eigenvalue weighted by Crippen LogP contribution is -2.45. The van der Waals surface area contributed by atoms with Crippen molar-refractivity contribution in [1.29, 1.82) is 5.26 Å². The molecule has 8 heteroatoms. The van der Waals surface area contributed by atoms with Gasteiger partial charge in [-0.3, -0.25) is 10.2 Å². The van der Waals surface area contributed by atoms with Gasteiger partial charge in [0.2, 0.25) is 0 Å². The lowest BCUT2D eigenvalue weighted by atomic mass is 10.1. The first kappa shape index (κ1) is 20.4. The summed E-state index contributed by atoms with van der Waals surface area (Å²) >= 11 is 12.5. The zero-order chi connectivity index (χ0) is 21.1. The number of carbonyl (C=O) groups excluding carboxylic acids is 1. The standard InChI is InChI=1S/C22H19Cl2N5O/c23-16-9-10-19(18(24)13-16)29-21(15-7-3-1-4-8-15)17(14-25)20(26-29)22(30)27-28-11-5-2-6-12-28/h1,3-4,7-10,13H,2,5-6,11-12H2,(H,27,30). The highest BCUT2D eigenvalue weighted by Gasteiger charge is 2.27. The third kappa shape index (κ3) is 4.05. The monoisotopic (exact) mass is 439 g/mol. The van der Waals surface area contributed by atoms with Gasteiger partial charge in [0.1, 0.15) is 11.6 Å². The molecule has 0 unspecified atom stereocenters. The van der Waals surface area contributed by atoms with E-state index in [1.54, 1.807) is 18.2 Å². The van der Waals surface area contributed by atoms with E-state index >= 15 is 0 Å². The maximum Gasteiger partial charge on any atom is 0.287 e. The average molecular weight is 440 g/mol. The lowest BCUT2D eigenvalue weighted by Gasteiger charge is -2.26. The second-order valence-corrected chi connectivity index (χ2v) is 7.89. The minimum absolute atomic E-state index is 0.0629. The van der Waals surface area contributed by atoms with Gasteiger partial charge in [0, 0.05) is 23.7 Å². The van der Waals surface area contributed by atoms with Crippen molar-refractivity contribution in [3.8, 4) is 23.0 Å². The summed E-state index contributed by atoms with van der Waals surface area (Å²) in [6.07, 6.45) is 3.20. The van der Waals surface area contributed by atoms with E-state index in [0.29, 0.717) is 21.4 Å². The van der Waals surface area contributed by atoms with Crippen molar-refractivity contribution in [3.63, 3.8) is 0 Å². The number of hydrazine groups is 1. The van der Waals surface area contributed by atoms with E-state index < -0.39 is 5.91 Å². The molecule has 6 nitrogen and oxygen atoms in total. The number of benzene rings is 2. The minimum Gasteiger partial charge on any atom is -0.283 e. The molecule has 0 atom stereocenters. The first-order chi connectivity index (χ1) is 14.6. The van der Waals surface area contributed by atoms with Crippen LogP contribution in [0.25, 0.3) is 16.9 Å². The van der Waals surface area contributed by atoms with Gasteiger partial charge in [-0.05, 0) is 31.0 Å². The zero-order valence-corrected chi connectivity index (χ0v) is 17.6. The number of rotatable bonds is 4. The first-order valence-corrected chi connectivity index (χ1v) is 10.4. The molecule has 0 radical (unpaired) electrons. The fourth-order valence-electron chi connectivity index (χ4n) is 3.58. The van der Waals surface area contributed by atoms with Crippen LogP contribution < -0.4 is 5.43 Å². The molecule has 1 aromatic heterocycles. The summed E-state index contributed by atoms with van der Waals surface area (Å²) < 4.78 is 1.54. The van der Waals surface area contributed by atoms with Crippen LogP contribution in [0.5, 0.6) is 0 Å². The largest absolute Gasteiger partial charge is 0.287 e. The van der Waals surface area contributed by atoms with Crippen molar-refractivity contribution in [2.45, 2.75) is 19.3 Å². The van der Waals surface area contributed by atoms with E-state index in [9.17, 15) is 10.1 Å². The molecule has 0 bridgehead atoms. The van der Waals surface area contributed by atoms with Crippen LogP contribution in [0, 0.1) is 11.3 Å². The van der Waals surface area contributed by atoms with E-state index in [0.717, 1.165) is 37.9 Å². The number of halogens is 2. The fraction of sp³-hybridized carbons (Fsp3) is 0.227. The second kappa shape index (κ2) is 8.88. The van der Waals surface area contributed by atoms with Crippen LogP contribution in [0.1, 0.15) is 35.3 Å². The molecule has 152 valence electrons. The molecule has 3 aromatic rings. The summed E-state index contributed by atoms with van der Waals surface area (Å²) in [4.78, 5) is 13.0. The molecule has 30 heavy (non-hydrogen) atoms. The van der Waals surface area contributed by atoms with Gasteiger partial charge >= 0.3 is 0 Å². The molecule has 2 heterocycles. The first-order valence-electron chi connectivity index (χ1n) is 9.68. The normalized spacial score (nSPS) is 14.3. The van der Waals surface area contributed by atoms with Crippen LogP contribution in [-0.4, -0.2) is 33.8 Å². The molecule has 1 saturated heterocycles. The molecule has 1 aliphatic heterocycles. The van der Waals surface area contributed by atoms with Crippen molar-refractivity contribution in [2.75, 3.05) is 13.1 Å². The van der Waals surface area contributed by atoms with Crippen molar-refractivity contribution < 1.29 is 4.79 Å². The number of hydrogen-bond donors (Lipinski definition) is 1. The van der Waals surface area contributed by atoms with Gasteiger partial charge in [0.25, 0.3) is 5.91 Å². The molecule has 1 N–H and O–H groups in total. The molecule has 1 amide bonds. The summed E-state index contributed by atoms with van der Waals surface area (Å²) in [5.74, 6) is -0.408. The van der Waals surface area contributed by atoms with Crippen LogP contribution in [0.4, 0.5) is 0 Å². The summed E-state index contributed by atoms with van der Waals surface area (Å²) in [5, 5.41) is 17.2. The van der Waals surface area contributed by atoms with Gasteiger partial charge in [-0.2, -0.15) is 10.4 Å². The predicted octanol–water partition coefficient (Wildman–Crippen LogP) is 4.85. The third-order valence-corrected chi connectivity index (χ3v) is 5.55. The average Bonchev–Trinajstić information content (AvgIpc) is 3.14. The molecule has 0 aliphatic carbocycles. The van der Waals surface area contributed by atoms with Gasteiger partial charge < -0.3 is 0 Å². The van der Waals surface area contributed by atoms with Crippen LogP contribution in [0.15, 0.2) is 48.5 Å². The number of piperidine rings is 1. The molecule has 4 rings (SSSR count). The number of carbonyl (C=O) groups is 1. The van der Waals surface area contributed by atoms with Crippen molar-refractivity contribution in [1.82, 2.24) is 20.2 Å². The number of hydrogen-bond acceptors (Lipinski definition) is 4. The Kier molecular flexibility index (Phi) is 6.05. The Morgan fingerprint density at radius 1 is 1.07 bits per heavy atom. The molecular formula is C22H19Cl2N5O. The summed E-state index contributed by atoms with van der Waals surface area (Å²) in [7, 11) is 0. The van der Waals surface area contributed by atoms with Crippen molar-refractivity contribution in [3.05, 3.63) is 69.8 Å². The molecule has 0 spiro atoms. The zero-order valence-electron chi connectivity index (χ0n) is 16.1. The Labute approximate surface area is 184 Å². The fourth-order valence-corrected chi connectivity index (χ4v) is 4.06. The summed E-state index contributed by atoms with van der Waals surface area (Å²) in [6, 6.07) is 16.5. The van der Waals surface area contributed by atoms with Crippen LogP contribution in [-0.2, 0) is 0 Å². The number of nitrogens with one attached hydrogen (secondary N) is 1. The van der Waals surface area contributed by atoms with Gasteiger partial charge in [0.15, 0.2) is 5.69 Å². The maximum atomic E-state index is 13.0.